The van der Waals surface area contributed by atoms with Crippen LogP contribution in [0.1, 0.15) is 37.7 Å². The molecule has 0 bridgehead atoms. The normalized spacial score (nSPS) is 13.8. The Labute approximate surface area is 236 Å². The predicted octanol–water partition coefficient (Wildman–Crippen LogP) is 5.48. The summed E-state index contributed by atoms with van der Waals surface area (Å²) in [6, 6.07) is 27.0. The van der Waals surface area contributed by atoms with Crippen LogP contribution in [0.5, 0.6) is 5.75 Å². The van der Waals surface area contributed by atoms with Crippen molar-refractivity contribution in [1.82, 2.24) is 20.2 Å². The van der Waals surface area contributed by atoms with E-state index >= 15 is 0 Å². The quantitative estimate of drug-likeness (QED) is 0.256. The molecule has 4 aromatic rings. The highest BCUT2D eigenvalue weighted by atomic mass is 16.5. The van der Waals surface area contributed by atoms with Gasteiger partial charge in [0.2, 0.25) is 0 Å². The van der Waals surface area contributed by atoms with Gasteiger partial charge in [0.1, 0.15) is 23.7 Å². The van der Waals surface area contributed by atoms with Gasteiger partial charge in [-0.05, 0) is 37.1 Å². The van der Waals surface area contributed by atoms with Gasteiger partial charge in [-0.15, -0.1) is 0 Å². The van der Waals surface area contributed by atoms with Crippen molar-refractivity contribution in [1.29, 1.82) is 0 Å². The second-order valence-corrected chi connectivity index (χ2v) is 9.22. The summed E-state index contributed by atoms with van der Waals surface area (Å²) < 4.78 is 5.11. The average Bonchev–Trinajstić information content (AvgIpc) is 3.62. The number of urea groups is 1. The molecule has 3 amide bonds. The van der Waals surface area contributed by atoms with E-state index < -0.39 is 11.6 Å². The smallest absolute Gasteiger partial charge is 0.325 e. The van der Waals surface area contributed by atoms with E-state index in [9.17, 15) is 9.59 Å². The number of nitrogens with zero attached hydrogens (tertiary/aromatic N) is 2. The van der Waals surface area contributed by atoms with Gasteiger partial charge in [-0.25, -0.2) is 14.7 Å². The van der Waals surface area contributed by atoms with Gasteiger partial charge < -0.3 is 20.1 Å². The first-order chi connectivity index (χ1) is 19.4. The number of nitrogens with one attached hydrogen (secondary N) is 2. The van der Waals surface area contributed by atoms with Gasteiger partial charge in [-0.2, -0.15) is 0 Å². The highest BCUT2D eigenvalue weighted by Crippen LogP contribution is 2.33. The Morgan fingerprint density at radius 2 is 1.57 bits per heavy atom. The number of H-pyrrole nitrogens is 1. The predicted molar refractivity (Wildman–Crippen MR) is 157 cm³/mol. The fourth-order valence-electron chi connectivity index (χ4n) is 4.34. The molecule has 2 heterocycles. The maximum absolute atomic E-state index is 12.5. The number of aliphatic hydroxyl groups is 1. The van der Waals surface area contributed by atoms with Crippen molar-refractivity contribution in [3.8, 4) is 17.0 Å². The SMILES string of the molecule is CC.Cc1ccc(-c2cnc([C@](C)(Cc3ccccc3)N3C(=O)CNC3=O)[nH]2)cc1.OCCOc1ccccc1. The number of para-hydroxylation sites is 1. The number of hydrogen-bond donors (Lipinski definition) is 3. The molecule has 1 saturated heterocycles. The van der Waals surface area contributed by atoms with Crippen molar-refractivity contribution in [2.24, 2.45) is 0 Å². The van der Waals surface area contributed by atoms with Crippen LogP contribution in [0.4, 0.5) is 4.79 Å². The topological polar surface area (TPSA) is 108 Å². The average molecular weight is 543 g/mol. The van der Waals surface area contributed by atoms with Gasteiger partial charge in [0, 0.05) is 6.42 Å². The van der Waals surface area contributed by atoms with Crippen molar-refractivity contribution in [3.63, 3.8) is 0 Å². The van der Waals surface area contributed by atoms with Crippen molar-refractivity contribution >= 4 is 11.9 Å². The third-order valence-corrected chi connectivity index (χ3v) is 6.28. The zero-order valence-corrected chi connectivity index (χ0v) is 23.6. The number of imide groups is 1. The van der Waals surface area contributed by atoms with Crippen LogP contribution in [0.3, 0.4) is 0 Å². The summed E-state index contributed by atoms with van der Waals surface area (Å²) in [6.07, 6.45) is 2.22. The summed E-state index contributed by atoms with van der Waals surface area (Å²) in [4.78, 5) is 34.2. The maximum Gasteiger partial charge on any atom is 0.325 e. The van der Waals surface area contributed by atoms with Crippen molar-refractivity contribution < 1.29 is 19.4 Å². The largest absolute Gasteiger partial charge is 0.491 e. The Balaban J connectivity index is 0.000000309. The van der Waals surface area contributed by atoms with E-state index in [1.807, 2.05) is 113 Å². The van der Waals surface area contributed by atoms with Gasteiger partial charge in [0.05, 0.1) is 25.0 Å². The summed E-state index contributed by atoms with van der Waals surface area (Å²) in [5.74, 6) is 1.13. The molecule has 3 N–H and O–H groups in total. The summed E-state index contributed by atoms with van der Waals surface area (Å²) in [7, 11) is 0. The number of carbonyl (C=O) groups is 2. The number of aliphatic hydroxyl groups excluding tert-OH is 1. The Hall–Kier alpha value is -4.43. The molecule has 3 aromatic carbocycles. The van der Waals surface area contributed by atoms with Crippen molar-refractivity contribution in [2.45, 2.75) is 39.7 Å². The third-order valence-electron chi connectivity index (χ3n) is 6.28. The number of aromatic amines is 1. The van der Waals surface area contributed by atoms with Gasteiger partial charge in [0.15, 0.2) is 0 Å². The van der Waals surface area contributed by atoms with Crippen LogP contribution in [0.2, 0.25) is 0 Å². The van der Waals surface area contributed by atoms with Crippen LogP contribution >= 0.6 is 0 Å². The molecule has 8 heteroatoms. The summed E-state index contributed by atoms with van der Waals surface area (Å²) in [6.45, 7) is 8.35. The Morgan fingerprint density at radius 1 is 0.950 bits per heavy atom. The molecule has 40 heavy (non-hydrogen) atoms. The molecule has 0 saturated carbocycles. The van der Waals surface area contributed by atoms with Gasteiger partial charge >= 0.3 is 6.03 Å². The molecule has 0 unspecified atom stereocenters. The zero-order chi connectivity index (χ0) is 29.0. The fourth-order valence-corrected chi connectivity index (χ4v) is 4.34. The van der Waals surface area contributed by atoms with Crippen molar-refractivity contribution in [2.75, 3.05) is 19.8 Å². The van der Waals surface area contributed by atoms with Gasteiger partial charge in [-0.1, -0.05) is 92.2 Å². The summed E-state index contributed by atoms with van der Waals surface area (Å²) in [5, 5.41) is 11.0. The molecule has 1 aliphatic rings. The maximum atomic E-state index is 12.5. The molecule has 0 radical (unpaired) electrons. The van der Waals surface area contributed by atoms with E-state index in [1.165, 1.54) is 10.5 Å². The first-order valence-corrected chi connectivity index (χ1v) is 13.5. The van der Waals surface area contributed by atoms with E-state index in [1.54, 1.807) is 6.20 Å². The van der Waals surface area contributed by atoms with E-state index in [0.29, 0.717) is 18.9 Å². The molecule has 1 fully saturated rings. The summed E-state index contributed by atoms with van der Waals surface area (Å²) in [5.41, 5.74) is 3.12. The second kappa shape index (κ2) is 14.6. The second-order valence-electron chi connectivity index (χ2n) is 9.22. The lowest BCUT2D eigenvalue weighted by atomic mass is 9.90. The molecular weight excluding hydrogens is 504 g/mol. The monoisotopic (exact) mass is 542 g/mol. The van der Waals surface area contributed by atoms with E-state index in [-0.39, 0.29) is 19.1 Å². The molecule has 5 rings (SSSR count). The van der Waals surface area contributed by atoms with Crippen LogP contribution in [0.25, 0.3) is 11.3 Å². The molecule has 1 aliphatic heterocycles. The lowest BCUT2D eigenvalue weighted by Gasteiger charge is -2.35. The van der Waals surface area contributed by atoms with E-state index in [0.717, 1.165) is 22.6 Å². The number of carbonyl (C=O) groups excluding carboxylic acids is 2. The van der Waals surface area contributed by atoms with E-state index in [2.05, 4.69) is 15.3 Å². The first-order valence-electron chi connectivity index (χ1n) is 13.5. The number of ether oxygens (including phenoxy) is 1. The van der Waals surface area contributed by atoms with Gasteiger partial charge in [-0.3, -0.25) is 4.79 Å². The van der Waals surface area contributed by atoms with E-state index in [4.69, 9.17) is 9.84 Å². The minimum Gasteiger partial charge on any atom is -0.491 e. The Bertz CT molecular complexity index is 1320. The molecule has 1 atom stereocenters. The first kappa shape index (κ1) is 30.1. The molecule has 1 aromatic heterocycles. The lowest BCUT2D eigenvalue weighted by molar-refractivity contribution is -0.129. The van der Waals surface area contributed by atoms with Crippen LogP contribution < -0.4 is 10.1 Å². The highest BCUT2D eigenvalue weighted by molar-refractivity contribution is 6.02. The number of aromatic nitrogens is 2. The van der Waals surface area contributed by atoms with Crippen molar-refractivity contribution in [3.05, 3.63) is 108 Å². The standard InChI is InChI=1S/C22H22N4O2.C8H10O2.C2H6/c1-15-8-10-17(11-9-15)18-13-23-20(25-18)22(2,12-16-6-4-3-5-7-16)26-19(27)14-24-21(26)28;9-6-7-10-8-4-2-1-3-5-8;1-2/h3-11,13H,12,14H2,1-2H3,(H,23,25)(H,24,28);1-5,9H,6-7H2;1-2H3/t22-;;/m0../s1. The number of benzene rings is 3. The fraction of sp³-hybridized carbons (Fsp3) is 0.281. The van der Waals surface area contributed by atoms with Gasteiger partial charge in [0.25, 0.3) is 5.91 Å². The minimum absolute atomic E-state index is 0.00867. The molecular formula is C32H38N4O4. The summed E-state index contributed by atoms with van der Waals surface area (Å²) >= 11 is 0. The third kappa shape index (κ3) is 7.57. The van der Waals surface area contributed by atoms with Crippen LogP contribution in [-0.2, 0) is 16.8 Å². The number of amides is 3. The number of imidazole rings is 1. The Morgan fingerprint density at radius 3 is 2.15 bits per heavy atom. The molecule has 0 spiro atoms. The molecule has 8 nitrogen and oxygen atoms in total. The van der Waals surface area contributed by atoms with Crippen LogP contribution in [0.15, 0.2) is 91.1 Å². The van der Waals surface area contributed by atoms with Crippen LogP contribution in [-0.4, -0.2) is 51.7 Å². The minimum atomic E-state index is -0.929. The lowest BCUT2D eigenvalue weighted by Crippen LogP contribution is -2.50. The molecule has 0 aliphatic carbocycles. The van der Waals surface area contributed by atoms with Crippen LogP contribution in [0, 0.1) is 6.92 Å². The number of rotatable bonds is 8. The zero-order valence-electron chi connectivity index (χ0n) is 23.6. The Kier molecular flexibility index (Phi) is 11.0. The highest BCUT2D eigenvalue weighted by Gasteiger charge is 2.46. The number of aryl methyl sites for hydroxylation is 1. The number of hydrogen-bond acceptors (Lipinski definition) is 5. The molecule has 210 valence electrons.